The topological polar surface area (TPSA) is 100 Å². The second kappa shape index (κ2) is 13.4. The van der Waals surface area contributed by atoms with Crippen LogP contribution in [0.2, 0.25) is 0 Å². The molecule has 1 aliphatic heterocycles. The van der Waals surface area contributed by atoms with Crippen LogP contribution in [0.5, 0.6) is 11.5 Å². The first-order valence-electron chi connectivity index (χ1n) is 13.2. The molecule has 1 aliphatic carbocycles. The van der Waals surface area contributed by atoms with Crippen molar-refractivity contribution in [3.8, 4) is 11.5 Å². The van der Waals surface area contributed by atoms with Crippen LogP contribution < -0.4 is 20.1 Å². The highest BCUT2D eigenvalue weighted by molar-refractivity contribution is 5.89. The Labute approximate surface area is 214 Å². The van der Waals surface area contributed by atoms with Crippen molar-refractivity contribution in [2.75, 3.05) is 27.8 Å². The highest BCUT2D eigenvalue weighted by Gasteiger charge is 2.43. The number of benzene rings is 1. The third-order valence-electron chi connectivity index (χ3n) is 7.24. The van der Waals surface area contributed by atoms with Gasteiger partial charge in [-0.25, -0.2) is 4.79 Å². The van der Waals surface area contributed by atoms with E-state index in [1.807, 2.05) is 12.1 Å². The molecule has 200 valence electrons. The molecule has 1 aromatic carbocycles. The maximum atomic E-state index is 13.8. The molecule has 2 N–H and O–H groups in total. The number of amides is 4. The van der Waals surface area contributed by atoms with Crippen LogP contribution in [0.15, 0.2) is 18.2 Å². The number of methoxy groups -OCH3 is 2. The summed E-state index contributed by atoms with van der Waals surface area (Å²) >= 11 is 0. The van der Waals surface area contributed by atoms with Gasteiger partial charge >= 0.3 is 6.03 Å². The van der Waals surface area contributed by atoms with Gasteiger partial charge in [0.15, 0.2) is 0 Å². The van der Waals surface area contributed by atoms with E-state index in [1.54, 1.807) is 37.1 Å². The maximum Gasteiger partial charge on any atom is 0.318 e. The number of nitrogens with zero attached hydrogens (tertiary/aromatic N) is 2. The normalized spacial score (nSPS) is 20.7. The number of hydrogen-bond donors (Lipinski definition) is 2. The summed E-state index contributed by atoms with van der Waals surface area (Å²) < 4.78 is 10.8. The minimum atomic E-state index is -0.607. The van der Waals surface area contributed by atoms with Crippen molar-refractivity contribution in [3.05, 3.63) is 23.8 Å². The number of ether oxygens (including phenoxy) is 2. The molecular weight excluding hydrogens is 460 g/mol. The average Bonchev–Trinajstić information content (AvgIpc) is 2.89. The molecule has 2 atom stereocenters. The number of rotatable bonds is 10. The van der Waals surface area contributed by atoms with Gasteiger partial charge in [0.05, 0.1) is 20.3 Å². The molecule has 2 fully saturated rings. The lowest BCUT2D eigenvalue weighted by atomic mass is 9.95. The molecule has 3 rings (SSSR count). The lowest BCUT2D eigenvalue weighted by Crippen LogP contribution is -2.66. The van der Waals surface area contributed by atoms with Gasteiger partial charge in [0.1, 0.15) is 17.5 Å². The van der Waals surface area contributed by atoms with Crippen LogP contribution in [0.4, 0.5) is 4.79 Å². The molecule has 9 nitrogen and oxygen atoms in total. The zero-order valence-electron chi connectivity index (χ0n) is 22.2. The van der Waals surface area contributed by atoms with Gasteiger partial charge in [0.2, 0.25) is 11.8 Å². The molecule has 1 heterocycles. The molecular formula is C27H42N4O5. The molecule has 9 heteroatoms. The van der Waals surface area contributed by atoms with Gasteiger partial charge in [-0.1, -0.05) is 39.0 Å². The Hall–Kier alpha value is -2.97. The van der Waals surface area contributed by atoms with E-state index < -0.39 is 12.1 Å². The van der Waals surface area contributed by atoms with E-state index in [0.717, 1.165) is 44.1 Å². The largest absolute Gasteiger partial charge is 0.497 e. The summed E-state index contributed by atoms with van der Waals surface area (Å²) in [4.78, 5) is 43.3. The van der Waals surface area contributed by atoms with E-state index in [1.165, 1.54) is 6.42 Å². The lowest BCUT2D eigenvalue weighted by Gasteiger charge is -2.46. The SMILES string of the molecule is CCCC[C@H]1C(=O)N(Cc2cc(OC)cc(OC)c2)C[C@@H](CC(=O)NC)N1C(=O)NC1CCCCC1. The van der Waals surface area contributed by atoms with Crippen molar-refractivity contribution in [2.24, 2.45) is 0 Å². The molecule has 0 aromatic heterocycles. The first kappa shape index (κ1) is 27.6. The average molecular weight is 503 g/mol. The van der Waals surface area contributed by atoms with Gasteiger partial charge in [-0.05, 0) is 37.0 Å². The van der Waals surface area contributed by atoms with Crippen molar-refractivity contribution in [3.63, 3.8) is 0 Å². The predicted molar refractivity (Wildman–Crippen MR) is 138 cm³/mol. The lowest BCUT2D eigenvalue weighted by molar-refractivity contribution is -0.145. The minimum absolute atomic E-state index is 0.0859. The number of piperazine rings is 1. The number of urea groups is 1. The third kappa shape index (κ3) is 7.04. The highest BCUT2D eigenvalue weighted by atomic mass is 16.5. The zero-order chi connectivity index (χ0) is 26.1. The molecule has 4 amide bonds. The van der Waals surface area contributed by atoms with E-state index in [-0.39, 0.29) is 36.9 Å². The fourth-order valence-electron chi connectivity index (χ4n) is 5.28. The number of nitrogens with one attached hydrogen (secondary N) is 2. The summed E-state index contributed by atoms with van der Waals surface area (Å²) in [5.41, 5.74) is 0.868. The van der Waals surface area contributed by atoms with Crippen molar-refractivity contribution >= 4 is 17.8 Å². The molecule has 1 saturated heterocycles. The molecule has 1 saturated carbocycles. The number of carbonyl (C=O) groups excluding carboxylic acids is 3. The smallest absolute Gasteiger partial charge is 0.318 e. The Morgan fingerprint density at radius 3 is 2.31 bits per heavy atom. The molecule has 0 bridgehead atoms. The Balaban J connectivity index is 1.89. The first-order valence-corrected chi connectivity index (χ1v) is 13.2. The maximum absolute atomic E-state index is 13.8. The molecule has 2 aliphatic rings. The van der Waals surface area contributed by atoms with Crippen LogP contribution in [0, 0.1) is 0 Å². The molecule has 0 spiro atoms. The number of unbranched alkanes of at least 4 members (excludes halogenated alkanes) is 1. The fraction of sp³-hybridized carbons (Fsp3) is 0.667. The zero-order valence-corrected chi connectivity index (χ0v) is 22.2. The number of hydrogen-bond acceptors (Lipinski definition) is 5. The summed E-state index contributed by atoms with van der Waals surface area (Å²) in [6.45, 7) is 2.70. The number of carbonyl (C=O) groups is 3. The van der Waals surface area contributed by atoms with Gasteiger partial charge in [0, 0.05) is 38.7 Å². The summed E-state index contributed by atoms with van der Waals surface area (Å²) in [7, 11) is 4.78. The Kier molecular flexibility index (Phi) is 10.3. The van der Waals surface area contributed by atoms with Gasteiger partial charge in [-0.2, -0.15) is 0 Å². The van der Waals surface area contributed by atoms with Crippen LogP contribution >= 0.6 is 0 Å². The van der Waals surface area contributed by atoms with Crippen LogP contribution in [0.1, 0.15) is 70.3 Å². The summed E-state index contributed by atoms with van der Waals surface area (Å²) in [6, 6.07) is 4.42. The van der Waals surface area contributed by atoms with Crippen molar-refractivity contribution in [2.45, 2.75) is 89.4 Å². The summed E-state index contributed by atoms with van der Waals surface area (Å²) in [5, 5.41) is 5.87. The predicted octanol–water partition coefficient (Wildman–Crippen LogP) is 3.45. The van der Waals surface area contributed by atoms with Gasteiger partial charge in [-0.3, -0.25) is 9.59 Å². The van der Waals surface area contributed by atoms with Crippen molar-refractivity contribution in [1.82, 2.24) is 20.4 Å². The van der Waals surface area contributed by atoms with Crippen molar-refractivity contribution in [1.29, 1.82) is 0 Å². The van der Waals surface area contributed by atoms with Gasteiger partial charge in [0.25, 0.3) is 0 Å². The van der Waals surface area contributed by atoms with Gasteiger partial charge in [-0.15, -0.1) is 0 Å². The molecule has 0 radical (unpaired) electrons. The minimum Gasteiger partial charge on any atom is -0.497 e. The monoisotopic (exact) mass is 502 g/mol. The van der Waals surface area contributed by atoms with E-state index in [2.05, 4.69) is 17.6 Å². The standard InChI is InChI=1S/C27H42N4O5/c1-5-6-12-24-26(33)30(17-19-13-22(35-3)16-23(14-19)36-4)18-21(15-25(32)28-2)31(24)27(34)29-20-10-8-7-9-11-20/h13-14,16,20-21,24H,5-12,15,17-18H2,1-4H3,(H,28,32)(H,29,34)/t21-,24+/m1/s1. The van der Waals surface area contributed by atoms with Crippen molar-refractivity contribution < 1.29 is 23.9 Å². The van der Waals surface area contributed by atoms with Crippen LogP contribution in [-0.2, 0) is 16.1 Å². The Morgan fingerprint density at radius 2 is 1.72 bits per heavy atom. The second-order valence-corrected chi connectivity index (χ2v) is 9.82. The Bertz CT molecular complexity index is 880. The highest BCUT2D eigenvalue weighted by Crippen LogP contribution is 2.28. The molecule has 0 unspecified atom stereocenters. The van der Waals surface area contributed by atoms with E-state index >= 15 is 0 Å². The van der Waals surface area contributed by atoms with E-state index in [4.69, 9.17) is 9.47 Å². The quantitative estimate of drug-likeness (QED) is 0.510. The first-order chi connectivity index (χ1) is 17.4. The van der Waals surface area contributed by atoms with E-state index in [0.29, 0.717) is 24.5 Å². The van der Waals surface area contributed by atoms with E-state index in [9.17, 15) is 14.4 Å². The van der Waals surface area contributed by atoms with Crippen LogP contribution in [0.3, 0.4) is 0 Å². The summed E-state index contributed by atoms with van der Waals surface area (Å²) in [5.74, 6) is 1.05. The van der Waals surface area contributed by atoms with Crippen LogP contribution in [-0.4, -0.2) is 73.6 Å². The summed E-state index contributed by atoms with van der Waals surface area (Å²) in [6.07, 6.45) is 7.74. The van der Waals surface area contributed by atoms with Gasteiger partial charge < -0.3 is 29.9 Å². The molecule has 36 heavy (non-hydrogen) atoms. The fourth-order valence-corrected chi connectivity index (χ4v) is 5.28. The second-order valence-electron chi connectivity index (χ2n) is 9.82. The molecule has 1 aromatic rings. The Morgan fingerprint density at radius 1 is 1.06 bits per heavy atom. The third-order valence-corrected chi connectivity index (χ3v) is 7.24. The van der Waals surface area contributed by atoms with Crippen LogP contribution in [0.25, 0.3) is 0 Å².